The van der Waals surface area contributed by atoms with Gasteiger partial charge in [0.2, 0.25) is 0 Å². The summed E-state index contributed by atoms with van der Waals surface area (Å²) < 4.78 is 0. The van der Waals surface area contributed by atoms with Crippen LogP contribution in [0.15, 0.2) is 200 Å². The van der Waals surface area contributed by atoms with E-state index >= 15 is 0 Å². The minimum atomic E-state index is -0.370. The van der Waals surface area contributed by atoms with E-state index in [9.17, 15) is 0 Å². The van der Waals surface area contributed by atoms with Gasteiger partial charge in [-0.2, -0.15) is 0 Å². The van der Waals surface area contributed by atoms with Gasteiger partial charge in [0, 0.05) is 22.5 Å². The Kier molecular flexibility index (Phi) is 6.88. The summed E-state index contributed by atoms with van der Waals surface area (Å²) in [5, 5.41) is 5.00. The van der Waals surface area contributed by atoms with Crippen LogP contribution in [0.5, 0.6) is 0 Å². The highest BCUT2D eigenvalue weighted by atomic mass is 15.1. The predicted molar refractivity (Wildman–Crippen MR) is 231 cm³/mol. The lowest BCUT2D eigenvalue weighted by atomic mass is 9.55. The first-order chi connectivity index (χ1) is 27.0. The highest BCUT2D eigenvalue weighted by molar-refractivity contribution is 6.09. The van der Waals surface area contributed by atoms with E-state index in [2.05, 4.69) is 219 Å². The molecule has 11 rings (SSSR count). The highest BCUT2D eigenvalue weighted by Crippen LogP contribution is 2.62. The summed E-state index contributed by atoms with van der Waals surface area (Å²) in [6.45, 7) is 4.77. The fourth-order valence-electron chi connectivity index (χ4n) is 10.0. The molecule has 9 aromatic rings. The molecule has 1 nitrogen and oxygen atoms in total. The fourth-order valence-corrected chi connectivity index (χ4v) is 10.0. The summed E-state index contributed by atoms with van der Waals surface area (Å²) in [6.07, 6.45) is 0. The van der Waals surface area contributed by atoms with Crippen molar-refractivity contribution < 1.29 is 0 Å². The van der Waals surface area contributed by atoms with Crippen LogP contribution >= 0.6 is 0 Å². The lowest BCUT2D eigenvalue weighted by Crippen LogP contribution is -2.40. The predicted octanol–water partition coefficient (Wildman–Crippen LogP) is 14.1. The molecule has 1 heteroatoms. The molecule has 0 heterocycles. The monoisotopic (exact) mass is 701 g/mol. The normalized spacial score (nSPS) is 14.3. The fraction of sp³-hybridized carbons (Fsp3) is 0.0741. The van der Waals surface area contributed by atoms with Crippen LogP contribution < -0.4 is 4.90 Å². The Morgan fingerprint density at radius 3 is 1.44 bits per heavy atom. The largest absolute Gasteiger partial charge is 0.310 e. The van der Waals surface area contributed by atoms with Gasteiger partial charge in [-0.1, -0.05) is 166 Å². The van der Waals surface area contributed by atoms with Crippen LogP contribution in [0.4, 0.5) is 17.1 Å². The number of nitrogens with zero attached hydrogens (tertiary/aromatic N) is 1. The zero-order chi connectivity index (χ0) is 36.7. The highest BCUT2D eigenvalue weighted by Gasteiger charge is 2.53. The van der Waals surface area contributed by atoms with Gasteiger partial charge in [-0.05, 0) is 126 Å². The molecule has 0 unspecified atom stereocenters. The van der Waals surface area contributed by atoms with Crippen molar-refractivity contribution in [2.45, 2.75) is 24.7 Å². The Bertz CT molecular complexity index is 2870. The minimum absolute atomic E-state index is 0.101. The molecule has 55 heavy (non-hydrogen) atoms. The van der Waals surface area contributed by atoms with E-state index in [1.165, 1.54) is 77.2 Å². The first kappa shape index (κ1) is 31.8. The maximum Gasteiger partial charge on any atom is 0.0719 e. The molecule has 0 aliphatic heterocycles. The third-order valence-corrected chi connectivity index (χ3v) is 12.5. The number of benzene rings is 9. The molecule has 0 saturated heterocycles. The number of rotatable bonds is 4. The smallest absolute Gasteiger partial charge is 0.0719 e. The van der Waals surface area contributed by atoms with Crippen molar-refractivity contribution in [3.05, 3.63) is 234 Å². The lowest BCUT2D eigenvalue weighted by molar-refractivity contribution is 0.563. The van der Waals surface area contributed by atoms with Crippen molar-refractivity contribution in [2.24, 2.45) is 0 Å². The van der Waals surface area contributed by atoms with Crippen LogP contribution in [0.1, 0.15) is 47.2 Å². The second-order valence-corrected chi connectivity index (χ2v) is 15.7. The van der Waals surface area contributed by atoms with E-state index in [1.807, 2.05) is 0 Å². The summed E-state index contributed by atoms with van der Waals surface area (Å²) in [6, 6.07) is 74.3. The Morgan fingerprint density at radius 1 is 0.327 bits per heavy atom. The Morgan fingerprint density at radius 2 is 0.800 bits per heavy atom. The van der Waals surface area contributed by atoms with Gasteiger partial charge in [0.05, 0.1) is 5.41 Å². The maximum absolute atomic E-state index is 2.45. The summed E-state index contributed by atoms with van der Waals surface area (Å²) in [4.78, 5) is 2.33. The Balaban J connectivity index is 1.04. The average Bonchev–Trinajstić information content (AvgIpc) is 3.54. The van der Waals surface area contributed by atoms with E-state index < -0.39 is 0 Å². The SMILES string of the molecule is CC1(C)c2ccccc2C2(c3ccccc3-c3cc(-c4ccc5c(ccc6cc(N(c7ccccc7)c7ccccc7)ccc65)c4)ccc32)c2ccccc21. The van der Waals surface area contributed by atoms with E-state index in [1.54, 1.807) is 0 Å². The molecular weight excluding hydrogens is 663 g/mol. The molecule has 0 atom stereocenters. The molecule has 9 aromatic carbocycles. The van der Waals surface area contributed by atoms with Gasteiger partial charge in [0.15, 0.2) is 0 Å². The summed E-state index contributed by atoms with van der Waals surface area (Å²) >= 11 is 0. The number of hydrogen-bond donors (Lipinski definition) is 0. The lowest BCUT2D eigenvalue weighted by Gasteiger charge is -2.46. The molecule has 0 radical (unpaired) electrons. The number of hydrogen-bond acceptors (Lipinski definition) is 1. The maximum atomic E-state index is 2.45. The van der Waals surface area contributed by atoms with Gasteiger partial charge < -0.3 is 4.90 Å². The quantitative estimate of drug-likeness (QED) is 0.165. The van der Waals surface area contributed by atoms with Gasteiger partial charge in [0.1, 0.15) is 0 Å². The minimum Gasteiger partial charge on any atom is -0.310 e. The molecule has 260 valence electrons. The van der Waals surface area contributed by atoms with Crippen molar-refractivity contribution in [2.75, 3.05) is 4.90 Å². The van der Waals surface area contributed by atoms with Gasteiger partial charge in [-0.25, -0.2) is 0 Å². The summed E-state index contributed by atoms with van der Waals surface area (Å²) in [7, 11) is 0. The van der Waals surface area contributed by atoms with Gasteiger partial charge in [-0.3, -0.25) is 0 Å². The van der Waals surface area contributed by atoms with Crippen LogP contribution in [0.2, 0.25) is 0 Å². The van der Waals surface area contributed by atoms with E-state index in [0.717, 1.165) is 17.1 Å². The Labute approximate surface area is 322 Å². The van der Waals surface area contributed by atoms with Crippen LogP contribution in [-0.2, 0) is 10.8 Å². The Hall–Kier alpha value is -6.70. The average molecular weight is 702 g/mol. The zero-order valence-corrected chi connectivity index (χ0v) is 31.0. The third-order valence-electron chi connectivity index (χ3n) is 12.5. The summed E-state index contributed by atoms with van der Waals surface area (Å²) in [5.74, 6) is 0. The number of anilines is 3. The first-order valence-corrected chi connectivity index (χ1v) is 19.3. The molecule has 0 amide bonds. The zero-order valence-electron chi connectivity index (χ0n) is 31.0. The van der Waals surface area contributed by atoms with Crippen LogP contribution in [0, 0.1) is 0 Å². The van der Waals surface area contributed by atoms with Crippen molar-refractivity contribution in [3.63, 3.8) is 0 Å². The molecule has 0 saturated carbocycles. The standard InChI is InChI=1S/C54H39N/c1-53(2)49-21-11-13-23-51(49)54(52-24-14-12-22-50(52)53)47-20-10-9-19-45(47)46-35-37(28-32-48(46)54)36-27-30-43-38(33-36)25-26-39-34-42(29-31-44(39)43)55(40-15-5-3-6-16-40)41-17-7-4-8-18-41/h3-35H,1-2H3. The van der Waals surface area contributed by atoms with Crippen molar-refractivity contribution in [1.29, 1.82) is 0 Å². The van der Waals surface area contributed by atoms with Crippen LogP contribution in [0.25, 0.3) is 43.8 Å². The number of fused-ring (bicyclic) bond motifs is 12. The van der Waals surface area contributed by atoms with Crippen molar-refractivity contribution in [1.82, 2.24) is 0 Å². The van der Waals surface area contributed by atoms with E-state index in [4.69, 9.17) is 0 Å². The topological polar surface area (TPSA) is 3.24 Å². The van der Waals surface area contributed by atoms with Crippen molar-refractivity contribution >= 4 is 38.6 Å². The van der Waals surface area contributed by atoms with E-state index in [0.29, 0.717) is 0 Å². The first-order valence-electron chi connectivity index (χ1n) is 19.3. The van der Waals surface area contributed by atoms with Crippen molar-refractivity contribution in [3.8, 4) is 22.3 Å². The van der Waals surface area contributed by atoms with Gasteiger partial charge >= 0.3 is 0 Å². The van der Waals surface area contributed by atoms with Crippen LogP contribution in [-0.4, -0.2) is 0 Å². The number of para-hydroxylation sites is 2. The summed E-state index contributed by atoms with van der Waals surface area (Å²) in [5.41, 5.74) is 16.4. The molecule has 0 bridgehead atoms. The molecule has 0 fully saturated rings. The third kappa shape index (κ3) is 4.53. The van der Waals surface area contributed by atoms with Gasteiger partial charge in [0.25, 0.3) is 0 Å². The molecule has 2 aliphatic carbocycles. The second-order valence-electron chi connectivity index (χ2n) is 15.7. The molecule has 0 aromatic heterocycles. The van der Waals surface area contributed by atoms with E-state index in [-0.39, 0.29) is 10.8 Å². The van der Waals surface area contributed by atoms with Gasteiger partial charge in [-0.15, -0.1) is 0 Å². The molecule has 2 aliphatic rings. The molecular formula is C54H39N. The molecule has 0 N–H and O–H groups in total. The van der Waals surface area contributed by atoms with Crippen LogP contribution in [0.3, 0.4) is 0 Å². The second kappa shape index (κ2) is 11.9. The molecule has 1 spiro atoms.